The molecule has 3 aromatic rings. The molecule has 0 saturated heterocycles. The lowest BCUT2D eigenvalue weighted by molar-refractivity contribution is 0.940. The number of hydrazone groups is 1. The highest BCUT2D eigenvalue weighted by molar-refractivity contribution is 9.10. The topological polar surface area (TPSA) is 78.3 Å². The summed E-state index contributed by atoms with van der Waals surface area (Å²) in [6.45, 7) is 0.624. The SMILES string of the molecule is CN(C)c1nc(NCc2ccccc2)nc(N/N=C\c2ccc(Br)cc2)n1. The minimum absolute atomic E-state index is 0.373. The summed E-state index contributed by atoms with van der Waals surface area (Å²) in [7, 11) is 3.76. The van der Waals surface area contributed by atoms with Crippen molar-refractivity contribution in [2.45, 2.75) is 6.54 Å². The predicted molar refractivity (Wildman–Crippen MR) is 113 cm³/mol. The normalized spacial score (nSPS) is 10.8. The standard InChI is InChI=1S/C19H20BrN7/c1-27(2)19-24-17(21-12-14-6-4-3-5-7-14)23-18(25-19)26-22-13-15-8-10-16(20)11-9-15/h3-11,13H,12H2,1-2H3,(H2,21,23,24,25,26)/b22-13-. The van der Waals surface area contributed by atoms with Crippen LogP contribution in [0.5, 0.6) is 0 Å². The second-order valence-electron chi connectivity index (χ2n) is 5.94. The van der Waals surface area contributed by atoms with Crippen LogP contribution in [0, 0.1) is 0 Å². The molecular formula is C19H20BrN7. The Morgan fingerprint density at radius 2 is 1.67 bits per heavy atom. The van der Waals surface area contributed by atoms with Gasteiger partial charge in [-0.2, -0.15) is 20.1 Å². The van der Waals surface area contributed by atoms with Gasteiger partial charge in [0.1, 0.15) is 0 Å². The maximum Gasteiger partial charge on any atom is 0.250 e. The molecule has 0 fully saturated rings. The average Bonchev–Trinajstić information content (AvgIpc) is 2.68. The molecule has 0 bridgehead atoms. The third kappa shape index (κ3) is 5.75. The number of hydrogen-bond donors (Lipinski definition) is 2. The molecular weight excluding hydrogens is 406 g/mol. The fourth-order valence-electron chi connectivity index (χ4n) is 2.18. The summed E-state index contributed by atoms with van der Waals surface area (Å²) >= 11 is 3.41. The summed E-state index contributed by atoms with van der Waals surface area (Å²) in [6.07, 6.45) is 1.71. The minimum Gasteiger partial charge on any atom is -0.350 e. The van der Waals surface area contributed by atoms with Crippen LogP contribution in [-0.2, 0) is 6.54 Å². The first kappa shape index (κ1) is 18.8. The maximum atomic E-state index is 4.42. The quantitative estimate of drug-likeness (QED) is 0.443. The predicted octanol–water partition coefficient (Wildman–Crippen LogP) is 3.76. The lowest BCUT2D eigenvalue weighted by Crippen LogP contribution is -2.16. The van der Waals surface area contributed by atoms with Crippen LogP contribution in [0.15, 0.2) is 64.2 Å². The van der Waals surface area contributed by atoms with Gasteiger partial charge in [0.05, 0.1) is 6.21 Å². The van der Waals surface area contributed by atoms with E-state index < -0.39 is 0 Å². The molecule has 138 valence electrons. The molecule has 0 aliphatic carbocycles. The van der Waals surface area contributed by atoms with Gasteiger partial charge in [-0.15, -0.1) is 0 Å². The minimum atomic E-state index is 0.373. The van der Waals surface area contributed by atoms with Gasteiger partial charge in [0.2, 0.25) is 17.8 Å². The summed E-state index contributed by atoms with van der Waals surface area (Å²) in [5.41, 5.74) is 4.98. The molecule has 0 spiro atoms. The Morgan fingerprint density at radius 1 is 0.963 bits per heavy atom. The number of aromatic nitrogens is 3. The second-order valence-corrected chi connectivity index (χ2v) is 6.85. The van der Waals surface area contributed by atoms with E-state index in [4.69, 9.17) is 0 Å². The van der Waals surface area contributed by atoms with Crippen molar-refractivity contribution in [3.63, 3.8) is 0 Å². The third-order valence-corrected chi connectivity index (χ3v) is 4.09. The molecule has 0 aliphatic heterocycles. The molecule has 1 heterocycles. The van der Waals surface area contributed by atoms with Crippen molar-refractivity contribution in [3.05, 3.63) is 70.2 Å². The van der Waals surface area contributed by atoms with Crippen molar-refractivity contribution in [2.24, 2.45) is 5.10 Å². The van der Waals surface area contributed by atoms with E-state index in [0.717, 1.165) is 15.6 Å². The number of nitrogens with one attached hydrogen (secondary N) is 2. The van der Waals surface area contributed by atoms with Gasteiger partial charge in [-0.1, -0.05) is 58.4 Å². The van der Waals surface area contributed by atoms with Crippen LogP contribution < -0.4 is 15.6 Å². The first-order chi connectivity index (χ1) is 13.1. The van der Waals surface area contributed by atoms with Crippen LogP contribution >= 0.6 is 15.9 Å². The summed E-state index contributed by atoms with van der Waals surface area (Å²) in [6, 6.07) is 17.9. The summed E-state index contributed by atoms with van der Waals surface area (Å²) in [5.74, 6) is 1.40. The fraction of sp³-hybridized carbons (Fsp3) is 0.158. The molecule has 1 aromatic heterocycles. The smallest absolute Gasteiger partial charge is 0.250 e. The third-order valence-electron chi connectivity index (χ3n) is 3.57. The summed E-state index contributed by atoms with van der Waals surface area (Å²) < 4.78 is 1.02. The highest BCUT2D eigenvalue weighted by Crippen LogP contribution is 2.13. The van der Waals surface area contributed by atoms with Gasteiger partial charge < -0.3 is 10.2 Å². The number of anilines is 3. The Morgan fingerprint density at radius 3 is 2.37 bits per heavy atom. The maximum absolute atomic E-state index is 4.42. The molecule has 0 aliphatic rings. The van der Waals surface area contributed by atoms with Crippen molar-refractivity contribution >= 4 is 40.0 Å². The van der Waals surface area contributed by atoms with Gasteiger partial charge in [-0.05, 0) is 23.3 Å². The monoisotopic (exact) mass is 425 g/mol. The zero-order valence-electron chi connectivity index (χ0n) is 15.1. The lowest BCUT2D eigenvalue weighted by Gasteiger charge is -2.13. The Hall–Kier alpha value is -3.00. The van der Waals surface area contributed by atoms with Gasteiger partial charge in [0, 0.05) is 25.1 Å². The van der Waals surface area contributed by atoms with E-state index in [1.54, 1.807) is 6.21 Å². The molecule has 0 radical (unpaired) electrons. The molecule has 2 N–H and O–H groups in total. The highest BCUT2D eigenvalue weighted by atomic mass is 79.9. The first-order valence-corrected chi connectivity index (χ1v) is 9.15. The molecule has 0 unspecified atom stereocenters. The van der Waals surface area contributed by atoms with E-state index >= 15 is 0 Å². The Bertz CT molecular complexity index is 896. The van der Waals surface area contributed by atoms with Crippen molar-refractivity contribution < 1.29 is 0 Å². The Labute approximate surface area is 166 Å². The van der Waals surface area contributed by atoms with Gasteiger partial charge in [0.25, 0.3) is 0 Å². The van der Waals surface area contributed by atoms with E-state index in [1.165, 1.54) is 0 Å². The van der Waals surface area contributed by atoms with Gasteiger partial charge in [0.15, 0.2) is 0 Å². The van der Waals surface area contributed by atoms with Crippen LogP contribution in [0.1, 0.15) is 11.1 Å². The number of rotatable bonds is 7. The first-order valence-electron chi connectivity index (χ1n) is 8.36. The molecule has 0 amide bonds. The van der Waals surface area contributed by atoms with Crippen LogP contribution in [0.3, 0.4) is 0 Å². The molecule has 2 aromatic carbocycles. The number of hydrogen-bond acceptors (Lipinski definition) is 7. The van der Waals surface area contributed by atoms with E-state index in [2.05, 4.69) is 46.7 Å². The van der Waals surface area contributed by atoms with Crippen molar-refractivity contribution in [1.29, 1.82) is 0 Å². The molecule has 3 rings (SSSR count). The largest absolute Gasteiger partial charge is 0.350 e. The second kappa shape index (κ2) is 9.09. The zero-order chi connectivity index (χ0) is 19.1. The van der Waals surface area contributed by atoms with Crippen LogP contribution in [0.4, 0.5) is 17.8 Å². The number of halogens is 1. The molecule has 8 heteroatoms. The van der Waals surface area contributed by atoms with Crippen LogP contribution in [0.2, 0.25) is 0 Å². The van der Waals surface area contributed by atoms with Crippen molar-refractivity contribution in [3.8, 4) is 0 Å². The van der Waals surface area contributed by atoms with Gasteiger partial charge in [-0.25, -0.2) is 5.43 Å². The van der Waals surface area contributed by atoms with E-state index in [1.807, 2.05) is 73.6 Å². The summed E-state index contributed by atoms with van der Waals surface area (Å²) in [5, 5.41) is 7.44. The molecule has 7 nitrogen and oxygen atoms in total. The number of benzene rings is 2. The van der Waals surface area contributed by atoms with Crippen molar-refractivity contribution in [1.82, 2.24) is 15.0 Å². The Balaban J connectivity index is 1.71. The Kier molecular flexibility index (Phi) is 6.32. The average molecular weight is 426 g/mol. The fourth-order valence-corrected chi connectivity index (χ4v) is 2.45. The lowest BCUT2D eigenvalue weighted by atomic mass is 10.2. The zero-order valence-corrected chi connectivity index (χ0v) is 16.7. The van der Waals surface area contributed by atoms with E-state index in [-0.39, 0.29) is 0 Å². The van der Waals surface area contributed by atoms with E-state index in [0.29, 0.717) is 24.4 Å². The molecule has 27 heavy (non-hydrogen) atoms. The van der Waals surface area contributed by atoms with Crippen molar-refractivity contribution in [2.75, 3.05) is 29.7 Å². The van der Waals surface area contributed by atoms with Crippen LogP contribution in [-0.4, -0.2) is 35.3 Å². The summed E-state index contributed by atoms with van der Waals surface area (Å²) in [4.78, 5) is 15.0. The van der Waals surface area contributed by atoms with E-state index in [9.17, 15) is 0 Å². The highest BCUT2D eigenvalue weighted by Gasteiger charge is 2.07. The molecule has 0 saturated carbocycles. The van der Waals surface area contributed by atoms with Gasteiger partial charge >= 0.3 is 0 Å². The molecule has 0 atom stereocenters. The van der Waals surface area contributed by atoms with Gasteiger partial charge in [-0.3, -0.25) is 0 Å². The number of nitrogens with zero attached hydrogens (tertiary/aromatic N) is 5. The van der Waals surface area contributed by atoms with Crippen LogP contribution in [0.25, 0.3) is 0 Å².